The van der Waals surface area contributed by atoms with Gasteiger partial charge in [-0.1, -0.05) is 29.8 Å². The topological polar surface area (TPSA) is 38.1 Å². The van der Waals surface area contributed by atoms with Crippen molar-refractivity contribution in [1.29, 1.82) is 0 Å². The van der Waals surface area contributed by atoms with E-state index in [2.05, 4.69) is 46.9 Å². The smallest absolute Gasteiger partial charge is 0.270 e. The van der Waals surface area contributed by atoms with E-state index in [9.17, 15) is 4.79 Å². The van der Waals surface area contributed by atoms with Gasteiger partial charge in [0.25, 0.3) is 5.91 Å². The number of pyridine rings is 1. The molecule has 4 nitrogen and oxygen atoms in total. The van der Waals surface area contributed by atoms with Crippen LogP contribution in [0.1, 0.15) is 40.9 Å². The molecule has 2 aromatic heterocycles. The predicted molar refractivity (Wildman–Crippen MR) is 108 cm³/mol. The lowest BCUT2D eigenvalue weighted by molar-refractivity contribution is 0.0714. The van der Waals surface area contributed by atoms with E-state index in [4.69, 9.17) is 0 Å². The Morgan fingerprint density at radius 1 is 0.963 bits per heavy atom. The molecule has 0 spiro atoms. The summed E-state index contributed by atoms with van der Waals surface area (Å²) in [5.41, 5.74) is 5.35. The number of amides is 1. The highest BCUT2D eigenvalue weighted by molar-refractivity contribution is 5.94. The lowest BCUT2D eigenvalue weighted by atomic mass is 10.1. The van der Waals surface area contributed by atoms with Crippen LogP contribution in [0, 0.1) is 6.92 Å². The van der Waals surface area contributed by atoms with Crippen molar-refractivity contribution in [2.75, 3.05) is 13.1 Å². The summed E-state index contributed by atoms with van der Waals surface area (Å²) >= 11 is 0. The first-order valence-electron chi connectivity index (χ1n) is 9.66. The predicted octanol–water partition coefficient (Wildman–Crippen LogP) is 4.53. The zero-order chi connectivity index (χ0) is 18.6. The fourth-order valence-electron chi connectivity index (χ4n) is 3.67. The molecule has 0 aliphatic carbocycles. The summed E-state index contributed by atoms with van der Waals surface area (Å²) < 4.78 is 2.09. The molecule has 4 rings (SSSR count). The van der Waals surface area contributed by atoms with Crippen LogP contribution in [0.15, 0.2) is 61.1 Å². The maximum atomic E-state index is 13.2. The third kappa shape index (κ3) is 3.95. The molecule has 1 amide bonds. The number of carbonyl (C=O) groups excluding carboxylic acids is 1. The number of carbonyl (C=O) groups is 1. The molecule has 1 aromatic carbocycles. The van der Waals surface area contributed by atoms with Gasteiger partial charge in [-0.2, -0.15) is 0 Å². The molecule has 0 radical (unpaired) electrons. The van der Waals surface area contributed by atoms with Crippen molar-refractivity contribution in [2.45, 2.75) is 32.7 Å². The summed E-state index contributed by atoms with van der Waals surface area (Å²) in [6.07, 6.45) is 9.09. The third-order valence-corrected chi connectivity index (χ3v) is 5.25. The molecule has 0 atom stereocenters. The van der Waals surface area contributed by atoms with E-state index in [1.807, 2.05) is 23.1 Å². The average Bonchev–Trinajstić information content (AvgIpc) is 3.14. The molecule has 3 aromatic rings. The molecule has 1 saturated heterocycles. The molecule has 138 valence electrons. The van der Waals surface area contributed by atoms with E-state index in [1.54, 1.807) is 12.4 Å². The van der Waals surface area contributed by atoms with Gasteiger partial charge in [0.05, 0.1) is 0 Å². The first-order chi connectivity index (χ1) is 13.2. The van der Waals surface area contributed by atoms with Crippen molar-refractivity contribution in [1.82, 2.24) is 14.5 Å². The normalized spacial score (nSPS) is 14.3. The van der Waals surface area contributed by atoms with Crippen LogP contribution in [0.2, 0.25) is 0 Å². The SMILES string of the molecule is Cc1ccc(Cn2cc(-c3ccncc3)cc2C(=O)N2CCCCC2)cc1. The van der Waals surface area contributed by atoms with Gasteiger partial charge in [0, 0.05) is 43.8 Å². The van der Waals surface area contributed by atoms with E-state index >= 15 is 0 Å². The van der Waals surface area contributed by atoms with Crippen LogP contribution in [0.3, 0.4) is 0 Å². The summed E-state index contributed by atoms with van der Waals surface area (Å²) in [6, 6.07) is 14.5. The zero-order valence-electron chi connectivity index (χ0n) is 15.8. The summed E-state index contributed by atoms with van der Waals surface area (Å²) in [7, 11) is 0. The highest BCUT2D eigenvalue weighted by atomic mass is 16.2. The number of hydrogen-bond acceptors (Lipinski definition) is 2. The molecule has 1 aliphatic heterocycles. The number of likely N-dealkylation sites (tertiary alicyclic amines) is 1. The molecular formula is C23H25N3O. The number of piperidine rings is 1. The maximum Gasteiger partial charge on any atom is 0.270 e. The second kappa shape index (κ2) is 7.78. The first kappa shape index (κ1) is 17.5. The first-order valence-corrected chi connectivity index (χ1v) is 9.66. The van der Waals surface area contributed by atoms with Gasteiger partial charge in [0.2, 0.25) is 0 Å². The summed E-state index contributed by atoms with van der Waals surface area (Å²) in [5, 5.41) is 0. The van der Waals surface area contributed by atoms with Gasteiger partial charge in [-0.15, -0.1) is 0 Å². The maximum absolute atomic E-state index is 13.2. The Hall–Kier alpha value is -2.88. The van der Waals surface area contributed by atoms with Crippen molar-refractivity contribution in [3.63, 3.8) is 0 Å². The van der Waals surface area contributed by atoms with Gasteiger partial charge in [-0.3, -0.25) is 9.78 Å². The molecule has 27 heavy (non-hydrogen) atoms. The highest BCUT2D eigenvalue weighted by Gasteiger charge is 2.22. The standard InChI is InChI=1S/C23H25N3O/c1-18-5-7-19(8-6-18)16-26-17-21(20-9-11-24-12-10-20)15-22(26)23(27)25-13-3-2-4-14-25/h5-12,15,17H,2-4,13-14,16H2,1H3. The van der Waals surface area contributed by atoms with Gasteiger partial charge < -0.3 is 9.47 Å². The Balaban J connectivity index is 1.69. The minimum absolute atomic E-state index is 0.141. The summed E-state index contributed by atoms with van der Waals surface area (Å²) in [4.78, 5) is 19.3. The molecule has 0 N–H and O–H groups in total. The Bertz CT molecular complexity index is 907. The molecule has 0 saturated carbocycles. The molecule has 0 bridgehead atoms. The lowest BCUT2D eigenvalue weighted by Crippen LogP contribution is -2.36. The fraction of sp³-hybridized carbons (Fsp3) is 0.304. The Labute approximate surface area is 160 Å². The van der Waals surface area contributed by atoms with Gasteiger partial charge in [0.15, 0.2) is 0 Å². The van der Waals surface area contributed by atoms with Crippen molar-refractivity contribution < 1.29 is 4.79 Å². The van der Waals surface area contributed by atoms with Crippen molar-refractivity contribution in [2.24, 2.45) is 0 Å². The Morgan fingerprint density at radius 2 is 1.67 bits per heavy atom. The molecule has 4 heteroatoms. The van der Waals surface area contributed by atoms with Crippen LogP contribution < -0.4 is 0 Å². The van der Waals surface area contributed by atoms with Crippen molar-refractivity contribution in [3.8, 4) is 11.1 Å². The summed E-state index contributed by atoms with van der Waals surface area (Å²) in [5.74, 6) is 0.141. The minimum atomic E-state index is 0.141. The third-order valence-electron chi connectivity index (χ3n) is 5.25. The van der Waals surface area contributed by atoms with Crippen LogP contribution in [0.5, 0.6) is 0 Å². The highest BCUT2D eigenvalue weighted by Crippen LogP contribution is 2.24. The number of aromatic nitrogens is 2. The van der Waals surface area contributed by atoms with Crippen LogP contribution in [0.25, 0.3) is 11.1 Å². The van der Waals surface area contributed by atoms with Gasteiger partial charge >= 0.3 is 0 Å². The number of benzene rings is 1. The molecular weight excluding hydrogens is 334 g/mol. The number of nitrogens with zero attached hydrogens (tertiary/aromatic N) is 3. The van der Waals surface area contributed by atoms with E-state index in [0.29, 0.717) is 6.54 Å². The largest absolute Gasteiger partial charge is 0.338 e. The zero-order valence-corrected chi connectivity index (χ0v) is 15.8. The van der Waals surface area contributed by atoms with Crippen molar-refractivity contribution >= 4 is 5.91 Å². The van der Waals surface area contributed by atoms with E-state index in [-0.39, 0.29) is 5.91 Å². The van der Waals surface area contributed by atoms with Gasteiger partial charge in [0.1, 0.15) is 5.69 Å². The Morgan fingerprint density at radius 3 is 2.37 bits per heavy atom. The molecule has 3 heterocycles. The monoisotopic (exact) mass is 359 g/mol. The van der Waals surface area contributed by atoms with Crippen LogP contribution >= 0.6 is 0 Å². The summed E-state index contributed by atoms with van der Waals surface area (Å²) in [6.45, 7) is 4.50. The van der Waals surface area contributed by atoms with E-state index < -0.39 is 0 Å². The van der Waals surface area contributed by atoms with Crippen LogP contribution in [-0.2, 0) is 6.54 Å². The van der Waals surface area contributed by atoms with Crippen LogP contribution in [-0.4, -0.2) is 33.4 Å². The van der Waals surface area contributed by atoms with E-state index in [1.165, 1.54) is 17.5 Å². The quantitative estimate of drug-likeness (QED) is 0.686. The van der Waals surface area contributed by atoms with Crippen LogP contribution in [0.4, 0.5) is 0 Å². The Kier molecular flexibility index (Phi) is 5.05. The lowest BCUT2D eigenvalue weighted by Gasteiger charge is -2.27. The molecule has 0 unspecified atom stereocenters. The average molecular weight is 359 g/mol. The number of rotatable bonds is 4. The second-order valence-corrected chi connectivity index (χ2v) is 7.32. The molecule has 1 fully saturated rings. The van der Waals surface area contributed by atoms with Gasteiger partial charge in [-0.05, 0) is 55.5 Å². The van der Waals surface area contributed by atoms with E-state index in [0.717, 1.165) is 42.8 Å². The number of aryl methyl sites for hydroxylation is 1. The second-order valence-electron chi connectivity index (χ2n) is 7.32. The van der Waals surface area contributed by atoms with Gasteiger partial charge in [-0.25, -0.2) is 0 Å². The molecule has 1 aliphatic rings. The minimum Gasteiger partial charge on any atom is -0.338 e. The number of hydrogen-bond donors (Lipinski definition) is 0. The fourth-order valence-corrected chi connectivity index (χ4v) is 3.67. The van der Waals surface area contributed by atoms with Crippen molar-refractivity contribution in [3.05, 3.63) is 77.9 Å².